The van der Waals surface area contributed by atoms with E-state index in [0.717, 1.165) is 18.5 Å². The minimum Gasteiger partial charge on any atom is -0.507 e. The third-order valence-corrected chi connectivity index (χ3v) is 5.70. The summed E-state index contributed by atoms with van der Waals surface area (Å²) in [6, 6.07) is 14.5. The van der Waals surface area contributed by atoms with Crippen LogP contribution in [-0.2, 0) is 4.74 Å². The fraction of sp³-hybridized carbons (Fsp3) is 0.320. The molecule has 32 heavy (non-hydrogen) atoms. The molecule has 0 bridgehead atoms. The van der Waals surface area contributed by atoms with Gasteiger partial charge in [0.15, 0.2) is 0 Å². The maximum atomic E-state index is 11.9. The molecule has 0 spiro atoms. The second-order valence-electron chi connectivity index (χ2n) is 8.24. The highest BCUT2D eigenvalue weighted by Crippen LogP contribution is 2.33. The number of aromatic hydroxyl groups is 1. The van der Waals surface area contributed by atoms with E-state index in [2.05, 4.69) is 11.8 Å². The first-order chi connectivity index (χ1) is 15.3. The Labute approximate surface area is 189 Å². The number of nitrogens with zero attached hydrogens (tertiary/aromatic N) is 1. The van der Waals surface area contributed by atoms with Gasteiger partial charge < -0.3 is 31.9 Å². The molecular formula is C25H32N4O3. The van der Waals surface area contributed by atoms with E-state index in [1.54, 1.807) is 43.3 Å². The van der Waals surface area contributed by atoms with Gasteiger partial charge in [-0.15, -0.1) is 0 Å². The number of likely N-dealkylation sites (tertiary alicyclic amines) is 1. The van der Waals surface area contributed by atoms with Gasteiger partial charge in [0.1, 0.15) is 11.6 Å². The van der Waals surface area contributed by atoms with Crippen molar-refractivity contribution in [1.29, 1.82) is 0 Å². The van der Waals surface area contributed by atoms with Gasteiger partial charge in [0.2, 0.25) is 0 Å². The summed E-state index contributed by atoms with van der Waals surface area (Å²) in [5, 5.41) is 10.1. The number of phenols is 1. The zero-order valence-corrected chi connectivity index (χ0v) is 18.6. The summed E-state index contributed by atoms with van der Waals surface area (Å²) in [5.41, 5.74) is 21.6. The van der Waals surface area contributed by atoms with Crippen molar-refractivity contribution < 1.29 is 14.6 Å². The van der Waals surface area contributed by atoms with Crippen molar-refractivity contribution in [1.82, 2.24) is 4.90 Å². The number of ether oxygens (including phenoxy) is 1. The molecule has 1 aliphatic rings. The molecule has 0 aliphatic carbocycles. The Morgan fingerprint density at radius 2 is 1.81 bits per heavy atom. The van der Waals surface area contributed by atoms with Crippen LogP contribution in [-0.4, -0.2) is 35.7 Å². The molecule has 1 heterocycles. The van der Waals surface area contributed by atoms with Crippen molar-refractivity contribution in [3.8, 4) is 5.75 Å². The molecule has 0 radical (unpaired) electrons. The number of carbonyl (C=O) groups is 1. The lowest BCUT2D eigenvalue weighted by atomic mass is 9.84. The lowest BCUT2D eigenvalue weighted by Crippen LogP contribution is -2.39. The SMILES string of the molecule is CCOC(=O)c1ccc(C2CC(C)CN(C(/C=C(\N)c3ccccc3O)=C(N)N)C2)cc1. The number of phenolic OH excluding ortho intramolecular Hbond substituents is 1. The highest BCUT2D eigenvalue weighted by molar-refractivity contribution is 5.89. The van der Waals surface area contributed by atoms with Crippen LogP contribution in [0.5, 0.6) is 5.75 Å². The Morgan fingerprint density at radius 3 is 2.44 bits per heavy atom. The summed E-state index contributed by atoms with van der Waals surface area (Å²) in [5.74, 6) is 0.594. The van der Waals surface area contributed by atoms with E-state index in [-0.39, 0.29) is 23.5 Å². The molecule has 7 heteroatoms. The first-order valence-electron chi connectivity index (χ1n) is 10.8. The standard InChI is InChI=1S/C25H32N4O3/c1-3-32-25(31)18-10-8-17(9-11-18)19-12-16(2)14-29(15-19)22(24(27)28)13-21(26)20-6-4-5-7-23(20)30/h4-11,13,16,19,30H,3,12,14-15,26-28H2,1-2H3/b21-13-. The van der Waals surface area contributed by atoms with Crippen LogP contribution in [0.25, 0.3) is 5.70 Å². The summed E-state index contributed by atoms with van der Waals surface area (Å²) in [6.07, 6.45) is 2.73. The van der Waals surface area contributed by atoms with Crippen molar-refractivity contribution in [2.24, 2.45) is 23.1 Å². The van der Waals surface area contributed by atoms with Gasteiger partial charge in [0.25, 0.3) is 0 Å². The summed E-state index contributed by atoms with van der Waals surface area (Å²) >= 11 is 0. The van der Waals surface area contributed by atoms with Crippen molar-refractivity contribution in [3.63, 3.8) is 0 Å². The Morgan fingerprint density at radius 1 is 1.12 bits per heavy atom. The van der Waals surface area contributed by atoms with Gasteiger partial charge in [-0.3, -0.25) is 0 Å². The molecule has 2 atom stereocenters. The zero-order chi connectivity index (χ0) is 23.3. The number of esters is 1. The van der Waals surface area contributed by atoms with Crippen molar-refractivity contribution in [3.05, 3.63) is 82.8 Å². The predicted octanol–water partition coefficient (Wildman–Crippen LogP) is 3.08. The molecule has 0 amide bonds. The Balaban J connectivity index is 1.84. The van der Waals surface area contributed by atoms with E-state index in [0.29, 0.717) is 41.6 Å². The molecule has 0 saturated carbocycles. The number of benzene rings is 2. The van der Waals surface area contributed by atoms with Gasteiger partial charge in [-0.05, 0) is 55.2 Å². The number of nitrogens with two attached hydrogens (primary N) is 3. The molecule has 7 N–H and O–H groups in total. The molecule has 7 nitrogen and oxygen atoms in total. The number of hydrogen-bond acceptors (Lipinski definition) is 7. The first kappa shape index (κ1) is 23.1. The maximum absolute atomic E-state index is 11.9. The number of piperidine rings is 1. The smallest absolute Gasteiger partial charge is 0.338 e. The second-order valence-corrected chi connectivity index (χ2v) is 8.24. The highest BCUT2D eigenvalue weighted by Gasteiger charge is 2.28. The molecule has 170 valence electrons. The van der Waals surface area contributed by atoms with Gasteiger partial charge in [0.05, 0.1) is 17.9 Å². The van der Waals surface area contributed by atoms with E-state index in [1.807, 2.05) is 18.2 Å². The first-order valence-corrected chi connectivity index (χ1v) is 10.8. The quantitative estimate of drug-likeness (QED) is 0.405. The fourth-order valence-corrected chi connectivity index (χ4v) is 4.20. The predicted molar refractivity (Wildman–Crippen MR) is 126 cm³/mol. The summed E-state index contributed by atoms with van der Waals surface area (Å²) in [6.45, 7) is 5.82. The van der Waals surface area contributed by atoms with Crippen LogP contribution in [0.1, 0.15) is 47.7 Å². The van der Waals surface area contributed by atoms with Crippen LogP contribution >= 0.6 is 0 Å². The normalized spacial score (nSPS) is 18.8. The molecule has 1 fully saturated rings. The Bertz CT molecular complexity index is 1010. The fourth-order valence-electron chi connectivity index (χ4n) is 4.20. The van der Waals surface area contributed by atoms with Crippen molar-refractivity contribution in [2.75, 3.05) is 19.7 Å². The van der Waals surface area contributed by atoms with Crippen LogP contribution in [0.15, 0.2) is 66.1 Å². The molecule has 3 rings (SSSR count). The monoisotopic (exact) mass is 436 g/mol. The van der Waals surface area contributed by atoms with Crippen molar-refractivity contribution in [2.45, 2.75) is 26.2 Å². The largest absolute Gasteiger partial charge is 0.507 e. The minimum absolute atomic E-state index is 0.0998. The lowest BCUT2D eigenvalue weighted by Gasteiger charge is -2.39. The molecule has 0 aromatic heterocycles. The number of allylic oxidation sites excluding steroid dienone is 1. The number of hydrogen-bond donors (Lipinski definition) is 4. The van der Waals surface area contributed by atoms with Gasteiger partial charge >= 0.3 is 5.97 Å². The lowest BCUT2D eigenvalue weighted by molar-refractivity contribution is 0.0526. The average molecular weight is 437 g/mol. The third-order valence-electron chi connectivity index (χ3n) is 5.70. The summed E-state index contributed by atoms with van der Waals surface area (Å²) in [7, 11) is 0. The van der Waals surface area contributed by atoms with Crippen molar-refractivity contribution >= 4 is 11.7 Å². The van der Waals surface area contributed by atoms with E-state index in [1.165, 1.54) is 0 Å². The van der Waals surface area contributed by atoms with E-state index >= 15 is 0 Å². The van der Waals surface area contributed by atoms with E-state index < -0.39 is 0 Å². The second kappa shape index (κ2) is 10.1. The summed E-state index contributed by atoms with van der Waals surface area (Å²) < 4.78 is 5.07. The minimum atomic E-state index is -0.316. The number of para-hydroxylation sites is 1. The Kier molecular flexibility index (Phi) is 7.30. The highest BCUT2D eigenvalue weighted by atomic mass is 16.5. The van der Waals surface area contributed by atoms with E-state index in [4.69, 9.17) is 21.9 Å². The van der Waals surface area contributed by atoms with Gasteiger partial charge in [-0.1, -0.05) is 31.2 Å². The number of carbonyl (C=O) groups excluding carboxylic acids is 1. The van der Waals surface area contributed by atoms with Gasteiger partial charge in [-0.2, -0.15) is 0 Å². The molecule has 2 aromatic carbocycles. The summed E-state index contributed by atoms with van der Waals surface area (Å²) in [4.78, 5) is 14.1. The van der Waals surface area contributed by atoms with Crippen LogP contribution in [0.4, 0.5) is 0 Å². The maximum Gasteiger partial charge on any atom is 0.338 e. The topological polar surface area (TPSA) is 128 Å². The molecular weight excluding hydrogens is 404 g/mol. The Hall–Kier alpha value is -3.61. The van der Waals surface area contributed by atoms with Crippen LogP contribution in [0.2, 0.25) is 0 Å². The van der Waals surface area contributed by atoms with Crippen LogP contribution in [0, 0.1) is 5.92 Å². The van der Waals surface area contributed by atoms with Gasteiger partial charge in [-0.25, -0.2) is 4.79 Å². The van der Waals surface area contributed by atoms with Crippen LogP contribution in [0.3, 0.4) is 0 Å². The molecule has 2 aromatic rings. The molecule has 1 saturated heterocycles. The third kappa shape index (κ3) is 5.35. The van der Waals surface area contributed by atoms with E-state index in [9.17, 15) is 9.90 Å². The number of rotatable bonds is 6. The molecule has 1 aliphatic heterocycles. The molecule has 2 unspecified atom stereocenters. The average Bonchev–Trinajstić information content (AvgIpc) is 2.77. The van der Waals surface area contributed by atoms with Gasteiger partial charge in [0, 0.05) is 30.3 Å². The zero-order valence-electron chi connectivity index (χ0n) is 18.6. The van der Waals surface area contributed by atoms with Crippen LogP contribution < -0.4 is 17.2 Å².